The van der Waals surface area contributed by atoms with E-state index in [4.69, 9.17) is 9.29 Å². The highest BCUT2D eigenvalue weighted by molar-refractivity contribution is 7.86. The van der Waals surface area contributed by atoms with Crippen LogP contribution in [0.15, 0.2) is 29.2 Å². The number of nitrogens with zero attached hydrogens (tertiary/aromatic N) is 1. The van der Waals surface area contributed by atoms with Crippen LogP contribution in [0.2, 0.25) is 0 Å². The van der Waals surface area contributed by atoms with Gasteiger partial charge < -0.3 is 10.0 Å². The van der Waals surface area contributed by atoms with Crippen LogP contribution in [0.4, 0.5) is 4.79 Å². The van der Waals surface area contributed by atoms with Crippen LogP contribution in [0.3, 0.4) is 0 Å². The normalized spacial score (nSPS) is 17.6. The standard InChI is InChI=1S/C13H17NO5S/c1-10-3-5-11(6-4-10)20(17,18)19-9-13(2)7-14(8-13)12(15)16/h3-6H,7-9H2,1-2H3,(H,15,16). The Hall–Kier alpha value is -1.60. The van der Waals surface area contributed by atoms with E-state index in [0.29, 0.717) is 0 Å². The first-order chi connectivity index (χ1) is 9.22. The van der Waals surface area contributed by atoms with E-state index in [1.165, 1.54) is 17.0 Å². The fourth-order valence-electron chi connectivity index (χ4n) is 2.09. The lowest BCUT2D eigenvalue weighted by Gasteiger charge is -2.45. The Labute approximate surface area is 118 Å². The lowest BCUT2D eigenvalue weighted by atomic mass is 9.83. The van der Waals surface area contributed by atoms with Crippen molar-refractivity contribution in [3.63, 3.8) is 0 Å². The van der Waals surface area contributed by atoms with Crippen molar-refractivity contribution < 1.29 is 22.5 Å². The molecule has 1 aromatic rings. The average Bonchev–Trinajstić information content (AvgIpc) is 2.33. The number of carboxylic acid groups (broad SMARTS) is 1. The number of rotatable bonds is 4. The summed E-state index contributed by atoms with van der Waals surface area (Å²) < 4.78 is 29.0. The highest BCUT2D eigenvalue weighted by Gasteiger charge is 2.42. The smallest absolute Gasteiger partial charge is 0.407 e. The van der Waals surface area contributed by atoms with Crippen molar-refractivity contribution in [1.29, 1.82) is 0 Å². The number of amides is 1. The van der Waals surface area contributed by atoms with Crippen LogP contribution >= 0.6 is 0 Å². The number of carbonyl (C=O) groups is 1. The maximum absolute atomic E-state index is 12.0. The van der Waals surface area contributed by atoms with Gasteiger partial charge in [-0.05, 0) is 19.1 Å². The molecule has 1 aliphatic rings. The molecule has 0 aromatic heterocycles. The van der Waals surface area contributed by atoms with Crippen molar-refractivity contribution in [3.8, 4) is 0 Å². The average molecular weight is 299 g/mol. The summed E-state index contributed by atoms with van der Waals surface area (Å²) in [5.41, 5.74) is 0.517. The maximum atomic E-state index is 12.0. The van der Waals surface area contributed by atoms with Crippen LogP contribution in [0, 0.1) is 12.3 Å². The van der Waals surface area contributed by atoms with Gasteiger partial charge in [-0.15, -0.1) is 0 Å². The molecule has 0 saturated carbocycles. The summed E-state index contributed by atoms with van der Waals surface area (Å²) >= 11 is 0. The van der Waals surface area contributed by atoms with Gasteiger partial charge in [0.2, 0.25) is 0 Å². The van der Waals surface area contributed by atoms with Crippen molar-refractivity contribution in [3.05, 3.63) is 29.8 Å². The molecule has 1 aromatic carbocycles. The number of benzene rings is 1. The van der Waals surface area contributed by atoms with Crippen LogP contribution in [0.5, 0.6) is 0 Å². The first-order valence-electron chi connectivity index (χ1n) is 6.16. The number of aryl methyl sites for hydroxylation is 1. The van der Waals surface area contributed by atoms with Crippen molar-refractivity contribution in [2.45, 2.75) is 18.7 Å². The molecular weight excluding hydrogens is 282 g/mol. The van der Waals surface area contributed by atoms with E-state index in [9.17, 15) is 13.2 Å². The molecule has 6 nitrogen and oxygen atoms in total. The molecule has 1 saturated heterocycles. The molecule has 0 unspecified atom stereocenters. The molecule has 1 N–H and O–H groups in total. The fraction of sp³-hybridized carbons (Fsp3) is 0.462. The summed E-state index contributed by atoms with van der Waals surface area (Å²) in [7, 11) is -3.79. The zero-order valence-electron chi connectivity index (χ0n) is 11.4. The number of hydrogen-bond acceptors (Lipinski definition) is 4. The van der Waals surface area contributed by atoms with E-state index in [1.807, 2.05) is 6.92 Å². The fourth-order valence-corrected chi connectivity index (χ4v) is 3.14. The Morgan fingerprint density at radius 1 is 1.35 bits per heavy atom. The minimum atomic E-state index is -3.79. The molecule has 1 amide bonds. The Morgan fingerprint density at radius 3 is 2.40 bits per heavy atom. The molecule has 110 valence electrons. The van der Waals surface area contributed by atoms with Crippen LogP contribution < -0.4 is 0 Å². The topological polar surface area (TPSA) is 83.9 Å². The summed E-state index contributed by atoms with van der Waals surface area (Å²) in [5, 5.41) is 8.76. The molecule has 7 heteroatoms. The monoisotopic (exact) mass is 299 g/mol. The molecule has 20 heavy (non-hydrogen) atoms. The Balaban J connectivity index is 1.97. The minimum absolute atomic E-state index is 0.0208. The second-order valence-corrected chi connectivity index (χ2v) is 7.09. The Kier molecular flexibility index (Phi) is 3.75. The summed E-state index contributed by atoms with van der Waals surface area (Å²) in [4.78, 5) is 12.0. The largest absolute Gasteiger partial charge is 0.465 e. The molecule has 1 aliphatic heterocycles. The van der Waals surface area contributed by atoms with Crippen LogP contribution in [0.25, 0.3) is 0 Å². The quantitative estimate of drug-likeness (QED) is 0.855. The van der Waals surface area contributed by atoms with Gasteiger partial charge in [0.25, 0.3) is 10.1 Å². The van der Waals surface area contributed by atoms with Gasteiger partial charge in [0.1, 0.15) is 0 Å². The second kappa shape index (κ2) is 5.06. The Bertz CT molecular complexity index is 602. The van der Waals surface area contributed by atoms with Gasteiger partial charge in [0, 0.05) is 18.5 Å². The van der Waals surface area contributed by atoms with Gasteiger partial charge in [0.05, 0.1) is 11.5 Å². The first kappa shape index (κ1) is 14.8. The SMILES string of the molecule is Cc1ccc(S(=O)(=O)OCC2(C)CN(C(=O)O)C2)cc1. The van der Waals surface area contributed by atoms with Crippen molar-refractivity contribution in [2.75, 3.05) is 19.7 Å². The van der Waals surface area contributed by atoms with Crippen LogP contribution in [0.1, 0.15) is 12.5 Å². The van der Waals surface area contributed by atoms with Gasteiger partial charge in [0.15, 0.2) is 0 Å². The van der Waals surface area contributed by atoms with E-state index in [2.05, 4.69) is 0 Å². The third-order valence-electron chi connectivity index (χ3n) is 3.29. The predicted molar refractivity (Wildman–Crippen MR) is 72.0 cm³/mol. The molecule has 1 heterocycles. The van der Waals surface area contributed by atoms with Crippen molar-refractivity contribution in [2.24, 2.45) is 5.41 Å². The Morgan fingerprint density at radius 2 is 1.90 bits per heavy atom. The lowest BCUT2D eigenvalue weighted by molar-refractivity contribution is -0.00628. The van der Waals surface area contributed by atoms with E-state index in [0.717, 1.165) is 5.56 Å². The van der Waals surface area contributed by atoms with Gasteiger partial charge >= 0.3 is 6.09 Å². The maximum Gasteiger partial charge on any atom is 0.407 e. The molecule has 0 radical (unpaired) electrons. The van der Waals surface area contributed by atoms with E-state index < -0.39 is 21.6 Å². The second-order valence-electron chi connectivity index (χ2n) is 5.48. The van der Waals surface area contributed by atoms with E-state index in [1.54, 1.807) is 19.1 Å². The molecule has 0 spiro atoms. The van der Waals surface area contributed by atoms with Gasteiger partial charge in [-0.3, -0.25) is 4.18 Å². The zero-order valence-corrected chi connectivity index (χ0v) is 12.2. The summed E-state index contributed by atoms with van der Waals surface area (Å²) in [6, 6.07) is 6.40. The molecule has 0 atom stereocenters. The van der Waals surface area contributed by atoms with Crippen LogP contribution in [-0.2, 0) is 14.3 Å². The molecule has 2 rings (SSSR count). The first-order valence-corrected chi connectivity index (χ1v) is 7.57. The highest BCUT2D eigenvalue weighted by Crippen LogP contribution is 2.31. The van der Waals surface area contributed by atoms with E-state index in [-0.39, 0.29) is 24.6 Å². The summed E-state index contributed by atoms with van der Waals surface area (Å²) in [5.74, 6) is 0. The third kappa shape index (κ3) is 3.10. The molecular formula is C13H17NO5S. The number of likely N-dealkylation sites (tertiary alicyclic amines) is 1. The summed E-state index contributed by atoms with van der Waals surface area (Å²) in [6.45, 7) is 4.22. The highest BCUT2D eigenvalue weighted by atomic mass is 32.2. The van der Waals surface area contributed by atoms with Gasteiger partial charge in [-0.1, -0.05) is 24.6 Å². The number of hydrogen-bond donors (Lipinski definition) is 1. The molecule has 0 aliphatic carbocycles. The predicted octanol–water partition coefficient (Wildman–Crippen LogP) is 1.70. The lowest BCUT2D eigenvalue weighted by Crippen LogP contribution is -2.58. The molecule has 1 fully saturated rings. The van der Waals surface area contributed by atoms with Crippen molar-refractivity contribution in [1.82, 2.24) is 4.90 Å². The third-order valence-corrected chi connectivity index (χ3v) is 4.57. The van der Waals surface area contributed by atoms with Crippen molar-refractivity contribution >= 4 is 16.2 Å². The summed E-state index contributed by atoms with van der Waals surface area (Å²) in [6.07, 6.45) is -0.996. The minimum Gasteiger partial charge on any atom is -0.465 e. The van der Waals surface area contributed by atoms with E-state index >= 15 is 0 Å². The van der Waals surface area contributed by atoms with Gasteiger partial charge in [-0.2, -0.15) is 8.42 Å². The zero-order chi connectivity index (χ0) is 15.0. The van der Waals surface area contributed by atoms with Gasteiger partial charge in [-0.25, -0.2) is 4.79 Å². The molecule has 0 bridgehead atoms. The van der Waals surface area contributed by atoms with Crippen LogP contribution in [-0.4, -0.2) is 44.2 Å².